The number of alkyl halides is 2. The number of phenolic OH excluding ortho intramolecular Hbond substituents is 1. The molecule has 1 saturated carbocycles. The lowest BCUT2D eigenvalue weighted by molar-refractivity contribution is -0.116. The summed E-state index contributed by atoms with van der Waals surface area (Å²) in [4.78, 5) is 15.6. The monoisotopic (exact) mass is 558 g/mol. The summed E-state index contributed by atoms with van der Waals surface area (Å²) in [7, 11) is 0. The van der Waals surface area contributed by atoms with E-state index < -0.39 is 22.8 Å². The second kappa shape index (κ2) is 12.0. The number of nitriles is 1. The van der Waals surface area contributed by atoms with Crippen LogP contribution in [0.1, 0.15) is 62.1 Å². The molecule has 41 heavy (non-hydrogen) atoms. The Bertz CT molecular complexity index is 1410. The van der Waals surface area contributed by atoms with Gasteiger partial charge in [0.2, 0.25) is 5.91 Å². The normalized spacial score (nSPS) is 17.7. The molecule has 3 aromatic rings. The first-order valence-corrected chi connectivity index (χ1v) is 14.3. The average Bonchev–Trinajstić information content (AvgIpc) is 3.52. The van der Waals surface area contributed by atoms with Crippen LogP contribution >= 0.6 is 0 Å². The molecule has 5 rings (SSSR count). The Labute approximate surface area is 240 Å². The number of benzene rings is 3. The fourth-order valence-electron chi connectivity index (χ4n) is 6.28. The van der Waals surface area contributed by atoms with Crippen LogP contribution in [0, 0.1) is 11.3 Å². The quantitative estimate of drug-likeness (QED) is 0.275. The molecule has 2 fully saturated rings. The minimum absolute atomic E-state index is 0.00806. The number of rotatable bonds is 8. The van der Waals surface area contributed by atoms with E-state index in [0.717, 1.165) is 48.7 Å². The lowest BCUT2D eigenvalue weighted by Crippen LogP contribution is -2.54. The summed E-state index contributed by atoms with van der Waals surface area (Å²) in [5.41, 5.74) is 2.94. The third-order valence-electron chi connectivity index (χ3n) is 8.60. The minimum Gasteiger partial charge on any atom is -0.507 e. The molecule has 3 aromatic carbocycles. The summed E-state index contributed by atoms with van der Waals surface area (Å²) >= 11 is 0. The van der Waals surface area contributed by atoms with Crippen LogP contribution in [-0.4, -0.2) is 41.6 Å². The highest BCUT2D eigenvalue weighted by atomic mass is 19.3. The highest BCUT2D eigenvalue weighted by Crippen LogP contribution is 2.38. The van der Waals surface area contributed by atoms with Crippen LogP contribution in [0.3, 0.4) is 0 Å². The van der Waals surface area contributed by atoms with E-state index >= 15 is 0 Å². The standard InChI is InChI=1S/C33H36F2N4O2/c1-32(34,35)29-20-27(13-14-30(29)40)38-31(41)22-37-33(15-17-39(18-16-33)28-7-2-3-8-28)26-11-9-24(10-12-26)25-6-4-5-23(19-25)21-36/h4-6,9-14,19-20,28,37,40H,2-3,7-8,15-18,22H2,1H3,(H,38,41). The van der Waals surface area contributed by atoms with Gasteiger partial charge in [0, 0.05) is 37.3 Å². The van der Waals surface area contributed by atoms with E-state index in [2.05, 4.69) is 45.9 Å². The maximum atomic E-state index is 13.9. The first-order chi connectivity index (χ1) is 19.7. The molecule has 1 amide bonds. The van der Waals surface area contributed by atoms with Gasteiger partial charge in [-0.15, -0.1) is 0 Å². The number of carbonyl (C=O) groups excluding carboxylic acids is 1. The van der Waals surface area contributed by atoms with E-state index in [9.17, 15) is 23.9 Å². The molecule has 1 saturated heterocycles. The minimum atomic E-state index is -3.23. The van der Waals surface area contributed by atoms with E-state index in [1.54, 1.807) is 6.07 Å². The van der Waals surface area contributed by atoms with E-state index in [1.807, 2.05) is 18.2 Å². The van der Waals surface area contributed by atoms with Crippen LogP contribution in [0.5, 0.6) is 5.75 Å². The zero-order valence-electron chi connectivity index (χ0n) is 23.3. The number of carbonyl (C=O) groups is 1. The van der Waals surface area contributed by atoms with Crippen LogP contribution in [0.25, 0.3) is 11.1 Å². The van der Waals surface area contributed by atoms with E-state index in [4.69, 9.17) is 0 Å². The highest BCUT2D eigenvalue weighted by molar-refractivity contribution is 5.92. The molecule has 1 heterocycles. The molecule has 1 aliphatic heterocycles. The van der Waals surface area contributed by atoms with Crippen molar-refractivity contribution in [3.8, 4) is 22.9 Å². The number of phenols is 1. The molecule has 1 aliphatic carbocycles. The first kappa shape index (κ1) is 28.7. The number of hydrogen-bond donors (Lipinski definition) is 3. The Morgan fingerprint density at radius 2 is 1.76 bits per heavy atom. The van der Waals surface area contributed by atoms with Gasteiger partial charge in [-0.3, -0.25) is 10.1 Å². The van der Waals surface area contributed by atoms with Gasteiger partial charge in [-0.05, 0) is 72.7 Å². The highest BCUT2D eigenvalue weighted by Gasteiger charge is 2.38. The van der Waals surface area contributed by atoms with Crippen molar-refractivity contribution in [3.05, 3.63) is 83.4 Å². The molecule has 214 valence electrons. The molecule has 8 heteroatoms. The summed E-state index contributed by atoms with van der Waals surface area (Å²) in [6, 6.07) is 22.3. The molecule has 6 nitrogen and oxygen atoms in total. The number of likely N-dealkylation sites (tertiary alicyclic amines) is 1. The van der Waals surface area contributed by atoms with Crippen molar-refractivity contribution in [2.45, 2.75) is 63.0 Å². The van der Waals surface area contributed by atoms with E-state index in [1.165, 1.54) is 37.8 Å². The zero-order valence-corrected chi connectivity index (χ0v) is 23.3. The Balaban J connectivity index is 1.33. The number of halogens is 2. The lowest BCUT2D eigenvalue weighted by atomic mass is 9.79. The fraction of sp³-hybridized carbons (Fsp3) is 0.394. The topological polar surface area (TPSA) is 88.4 Å². The van der Waals surface area contributed by atoms with E-state index in [0.29, 0.717) is 18.5 Å². The van der Waals surface area contributed by atoms with Crippen molar-refractivity contribution in [1.29, 1.82) is 5.26 Å². The molecular formula is C33H36F2N4O2. The van der Waals surface area contributed by atoms with Crippen LogP contribution in [0.4, 0.5) is 14.5 Å². The first-order valence-electron chi connectivity index (χ1n) is 14.3. The van der Waals surface area contributed by atoms with Gasteiger partial charge in [0.05, 0.1) is 23.7 Å². The van der Waals surface area contributed by atoms with E-state index in [-0.39, 0.29) is 18.1 Å². The van der Waals surface area contributed by atoms with Crippen LogP contribution in [0.15, 0.2) is 66.7 Å². The van der Waals surface area contributed by atoms with Crippen LogP contribution in [-0.2, 0) is 16.3 Å². The van der Waals surface area contributed by atoms with Crippen molar-refractivity contribution in [3.63, 3.8) is 0 Å². The molecule has 0 bridgehead atoms. The Morgan fingerprint density at radius 3 is 2.41 bits per heavy atom. The number of nitrogens with one attached hydrogen (secondary N) is 2. The second-order valence-electron chi connectivity index (χ2n) is 11.3. The van der Waals surface area contributed by atoms with Crippen LogP contribution in [0.2, 0.25) is 0 Å². The molecule has 0 unspecified atom stereocenters. The maximum Gasteiger partial charge on any atom is 0.274 e. The average molecular weight is 559 g/mol. The number of piperidine rings is 1. The molecule has 0 radical (unpaired) electrons. The van der Waals surface area contributed by atoms with Crippen LogP contribution < -0.4 is 10.6 Å². The number of anilines is 1. The smallest absolute Gasteiger partial charge is 0.274 e. The predicted octanol–water partition coefficient (Wildman–Crippen LogP) is 6.50. The fourth-order valence-corrected chi connectivity index (χ4v) is 6.28. The Kier molecular flexibility index (Phi) is 8.39. The molecule has 0 atom stereocenters. The second-order valence-corrected chi connectivity index (χ2v) is 11.3. The Morgan fingerprint density at radius 1 is 1.05 bits per heavy atom. The number of aromatic hydroxyl groups is 1. The Hall–Kier alpha value is -3.80. The summed E-state index contributed by atoms with van der Waals surface area (Å²) < 4.78 is 27.8. The van der Waals surface area contributed by atoms with Crippen molar-refractivity contribution < 1.29 is 18.7 Å². The van der Waals surface area contributed by atoms with Gasteiger partial charge in [0.1, 0.15) is 5.75 Å². The SMILES string of the molecule is CC(F)(F)c1cc(NC(=O)CNC2(c3ccc(-c4cccc(C#N)c4)cc3)CCN(C3CCCC3)CC2)ccc1O. The van der Waals surface area contributed by atoms with Gasteiger partial charge in [-0.2, -0.15) is 5.26 Å². The largest absolute Gasteiger partial charge is 0.507 e. The van der Waals surface area contributed by atoms with Gasteiger partial charge in [-0.1, -0.05) is 49.2 Å². The summed E-state index contributed by atoms with van der Waals surface area (Å²) in [5, 5.41) is 25.3. The van der Waals surface area contributed by atoms with Gasteiger partial charge >= 0.3 is 0 Å². The van der Waals surface area contributed by atoms with Gasteiger partial charge in [-0.25, -0.2) is 8.78 Å². The summed E-state index contributed by atoms with van der Waals surface area (Å²) in [6.45, 7) is 2.58. The maximum absolute atomic E-state index is 13.9. The van der Waals surface area contributed by atoms with Gasteiger partial charge < -0.3 is 15.3 Å². The third kappa shape index (κ3) is 6.58. The zero-order chi connectivity index (χ0) is 29.0. The summed E-state index contributed by atoms with van der Waals surface area (Å²) in [5.74, 6) is -4.09. The van der Waals surface area contributed by atoms with Crippen molar-refractivity contribution in [1.82, 2.24) is 10.2 Å². The summed E-state index contributed by atoms with van der Waals surface area (Å²) in [6.07, 6.45) is 6.72. The molecule has 3 N–H and O–H groups in total. The van der Waals surface area contributed by atoms with Gasteiger partial charge in [0.15, 0.2) is 0 Å². The lowest BCUT2D eigenvalue weighted by Gasteiger charge is -2.45. The predicted molar refractivity (Wildman–Crippen MR) is 156 cm³/mol. The number of amides is 1. The number of hydrogen-bond acceptors (Lipinski definition) is 5. The molecular weight excluding hydrogens is 522 g/mol. The molecule has 0 spiro atoms. The molecule has 2 aliphatic rings. The third-order valence-corrected chi connectivity index (χ3v) is 8.60. The van der Waals surface area contributed by atoms with Gasteiger partial charge in [0.25, 0.3) is 5.92 Å². The van der Waals surface area contributed by atoms with Crippen molar-refractivity contribution in [2.75, 3.05) is 25.0 Å². The van der Waals surface area contributed by atoms with Crippen molar-refractivity contribution in [2.24, 2.45) is 0 Å². The number of nitrogens with zero attached hydrogens (tertiary/aromatic N) is 2. The molecule has 0 aromatic heterocycles. The van der Waals surface area contributed by atoms with Crippen molar-refractivity contribution >= 4 is 11.6 Å².